The number of aromatic nitrogens is 3. The van der Waals surface area contributed by atoms with Gasteiger partial charge in [-0.25, -0.2) is 13.4 Å². The number of nitrogens with two attached hydrogens (primary N) is 1. The highest BCUT2D eigenvalue weighted by molar-refractivity contribution is 7.93. The zero-order valence-corrected chi connectivity index (χ0v) is 13.2. The Hall–Kier alpha value is -1.45. The van der Waals surface area contributed by atoms with Crippen LogP contribution in [0.3, 0.4) is 0 Å². The minimum atomic E-state index is -3.73. The van der Waals surface area contributed by atoms with E-state index in [4.69, 9.17) is 5.73 Å². The molecule has 0 amide bonds. The molecule has 0 aliphatic rings. The number of rotatable bonds is 5. The molecule has 0 fully saturated rings. The minimum Gasteiger partial charge on any atom is -0.325 e. The Morgan fingerprint density at radius 3 is 2.60 bits per heavy atom. The first-order chi connectivity index (χ1) is 9.39. The van der Waals surface area contributed by atoms with Crippen LogP contribution in [-0.2, 0) is 23.0 Å². The molecule has 0 aromatic carbocycles. The van der Waals surface area contributed by atoms with E-state index in [9.17, 15) is 8.42 Å². The molecule has 2 aromatic rings. The van der Waals surface area contributed by atoms with Gasteiger partial charge in [0.1, 0.15) is 4.90 Å². The van der Waals surface area contributed by atoms with Crippen molar-refractivity contribution in [3.05, 3.63) is 22.0 Å². The van der Waals surface area contributed by atoms with E-state index in [0.29, 0.717) is 16.5 Å². The lowest BCUT2D eigenvalue weighted by Gasteiger charge is -2.05. The van der Waals surface area contributed by atoms with Gasteiger partial charge in [-0.15, -0.1) is 11.3 Å². The highest BCUT2D eigenvalue weighted by Crippen LogP contribution is 2.26. The molecule has 0 bridgehead atoms. The van der Waals surface area contributed by atoms with E-state index in [1.807, 2.05) is 13.8 Å². The first-order valence-corrected chi connectivity index (χ1v) is 8.42. The van der Waals surface area contributed by atoms with E-state index in [2.05, 4.69) is 19.9 Å². The van der Waals surface area contributed by atoms with Crippen LogP contribution < -0.4 is 10.5 Å². The number of aromatic amines is 1. The maximum atomic E-state index is 12.4. The second kappa shape index (κ2) is 5.51. The zero-order valence-electron chi connectivity index (χ0n) is 11.5. The average molecular weight is 315 g/mol. The summed E-state index contributed by atoms with van der Waals surface area (Å²) in [7, 11) is -3.73. The average Bonchev–Trinajstić information content (AvgIpc) is 2.91. The fourth-order valence-corrected chi connectivity index (χ4v) is 4.44. The van der Waals surface area contributed by atoms with Crippen molar-refractivity contribution in [1.82, 2.24) is 15.2 Å². The van der Waals surface area contributed by atoms with Crippen LogP contribution >= 0.6 is 11.3 Å². The largest absolute Gasteiger partial charge is 0.325 e. The van der Waals surface area contributed by atoms with Crippen molar-refractivity contribution in [1.29, 1.82) is 0 Å². The molecule has 0 radical (unpaired) electrons. The maximum Gasteiger partial charge on any atom is 0.267 e. The Bertz CT molecular complexity index is 717. The number of sulfonamides is 1. The number of anilines is 1. The van der Waals surface area contributed by atoms with Crippen LogP contribution in [0.4, 0.5) is 5.13 Å². The molecule has 110 valence electrons. The van der Waals surface area contributed by atoms with E-state index in [0.717, 1.165) is 17.0 Å². The summed E-state index contributed by atoms with van der Waals surface area (Å²) in [6.45, 7) is 5.60. The van der Waals surface area contributed by atoms with Gasteiger partial charge in [-0.2, -0.15) is 5.10 Å². The molecule has 0 aliphatic heterocycles. The third-order valence-electron chi connectivity index (χ3n) is 2.87. The highest BCUT2D eigenvalue weighted by atomic mass is 32.2. The predicted octanol–water partition coefficient (Wildman–Crippen LogP) is 1.30. The van der Waals surface area contributed by atoms with E-state index < -0.39 is 10.0 Å². The second-order valence-corrected chi connectivity index (χ2v) is 7.13. The van der Waals surface area contributed by atoms with Crippen molar-refractivity contribution in [3.63, 3.8) is 0 Å². The summed E-state index contributed by atoms with van der Waals surface area (Å²) in [5, 5.41) is 6.90. The van der Waals surface area contributed by atoms with Gasteiger partial charge in [0.15, 0.2) is 5.13 Å². The number of thiazole rings is 1. The van der Waals surface area contributed by atoms with E-state index in [1.165, 1.54) is 11.3 Å². The quantitative estimate of drug-likeness (QED) is 0.769. The van der Waals surface area contributed by atoms with Crippen molar-refractivity contribution in [2.24, 2.45) is 5.73 Å². The summed E-state index contributed by atoms with van der Waals surface area (Å²) >= 11 is 1.32. The minimum absolute atomic E-state index is 0.0533. The van der Waals surface area contributed by atoms with Crippen LogP contribution in [0.25, 0.3) is 0 Å². The molecule has 0 atom stereocenters. The molecular weight excluding hydrogens is 298 g/mol. The molecule has 0 aliphatic carbocycles. The first-order valence-electron chi connectivity index (χ1n) is 6.12. The number of H-pyrrole nitrogens is 1. The summed E-state index contributed by atoms with van der Waals surface area (Å²) in [5.41, 5.74) is 7.19. The summed E-state index contributed by atoms with van der Waals surface area (Å²) in [6, 6.07) is 0. The summed E-state index contributed by atoms with van der Waals surface area (Å²) in [4.78, 5) is 5.39. The lowest BCUT2D eigenvalue weighted by Crippen LogP contribution is -2.16. The van der Waals surface area contributed by atoms with Crippen molar-refractivity contribution in [2.45, 2.75) is 38.6 Å². The number of hydrogen-bond acceptors (Lipinski definition) is 6. The molecule has 9 heteroatoms. The SMILES string of the molecule is CCc1nc(NS(=O)(=O)c2c(CN)n[nH]c2C)sc1C. The molecule has 2 aromatic heterocycles. The lowest BCUT2D eigenvalue weighted by atomic mass is 10.3. The molecule has 7 nitrogen and oxygen atoms in total. The summed E-state index contributed by atoms with van der Waals surface area (Å²) in [5.74, 6) is 0. The molecule has 0 saturated carbocycles. The van der Waals surface area contributed by atoms with Crippen molar-refractivity contribution in [3.8, 4) is 0 Å². The fourth-order valence-electron chi connectivity index (χ4n) is 1.93. The van der Waals surface area contributed by atoms with Crippen molar-refractivity contribution in [2.75, 3.05) is 4.72 Å². The van der Waals surface area contributed by atoms with Crippen molar-refractivity contribution >= 4 is 26.5 Å². The van der Waals surface area contributed by atoms with Crippen molar-refractivity contribution < 1.29 is 8.42 Å². The van der Waals surface area contributed by atoms with Gasteiger partial charge in [-0.1, -0.05) is 6.92 Å². The maximum absolute atomic E-state index is 12.4. The third kappa shape index (κ3) is 2.69. The smallest absolute Gasteiger partial charge is 0.267 e. The van der Waals surface area contributed by atoms with Crippen LogP contribution in [0.15, 0.2) is 4.90 Å². The number of hydrogen-bond donors (Lipinski definition) is 3. The van der Waals surface area contributed by atoms with Crippen LogP contribution in [0.5, 0.6) is 0 Å². The Labute approximate surface area is 121 Å². The molecule has 4 N–H and O–H groups in total. The fraction of sp³-hybridized carbons (Fsp3) is 0.455. The van der Waals surface area contributed by atoms with Crippen LogP contribution in [0, 0.1) is 13.8 Å². The van der Waals surface area contributed by atoms with E-state index in [-0.39, 0.29) is 11.4 Å². The van der Waals surface area contributed by atoms with Crippen LogP contribution in [0.1, 0.15) is 28.9 Å². The molecule has 0 unspecified atom stereocenters. The number of aryl methyl sites for hydroxylation is 3. The molecule has 2 heterocycles. The molecule has 2 rings (SSSR count). The highest BCUT2D eigenvalue weighted by Gasteiger charge is 2.25. The van der Waals surface area contributed by atoms with Gasteiger partial charge < -0.3 is 5.73 Å². The first kappa shape index (κ1) is 14.9. The number of nitrogens with zero attached hydrogens (tertiary/aromatic N) is 2. The van der Waals surface area contributed by atoms with Gasteiger partial charge in [-0.05, 0) is 20.3 Å². The Morgan fingerprint density at radius 2 is 2.05 bits per heavy atom. The standard InChI is InChI=1S/C11H17N5O2S2/c1-4-8-7(3)19-11(13-8)16-20(17,18)10-6(2)14-15-9(10)5-12/h4-5,12H2,1-3H3,(H,13,16)(H,14,15). The molecule has 0 spiro atoms. The van der Waals surface area contributed by atoms with Gasteiger partial charge in [-0.3, -0.25) is 9.82 Å². The van der Waals surface area contributed by atoms with Gasteiger partial charge in [0.2, 0.25) is 0 Å². The lowest BCUT2D eigenvalue weighted by molar-refractivity contribution is 0.599. The van der Waals surface area contributed by atoms with E-state index >= 15 is 0 Å². The van der Waals surface area contributed by atoms with E-state index in [1.54, 1.807) is 6.92 Å². The Balaban J connectivity index is 2.38. The zero-order chi connectivity index (χ0) is 14.9. The van der Waals surface area contributed by atoms with Crippen LogP contribution in [0.2, 0.25) is 0 Å². The van der Waals surface area contributed by atoms with Gasteiger partial charge in [0.25, 0.3) is 10.0 Å². The third-order valence-corrected chi connectivity index (χ3v) is 5.47. The molecule has 0 saturated heterocycles. The molecule has 20 heavy (non-hydrogen) atoms. The topological polar surface area (TPSA) is 114 Å². The van der Waals surface area contributed by atoms with Crippen LogP contribution in [-0.4, -0.2) is 23.6 Å². The predicted molar refractivity (Wildman–Crippen MR) is 78.3 cm³/mol. The van der Waals surface area contributed by atoms with Gasteiger partial charge >= 0.3 is 0 Å². The normalized spacial score (nSPS) is 11.8. The number of nitrogens with one attached hydrogen (secondary N) is 2. The van der Waals surface area contributed by atoms with Gasteiger partial charge in [0.05, 0.1) is 17.1 Å². The Morgan fingerprint density at radius 1 is 1.35 bits per heavy atom. The monoisotopic (exact) mass is 315 g/mol. The Kier molecular flexibility index (Phi) is 4.11. The second-order valence-electron chi connectivity index (χ2n) is 4.31. The summed E-state index contributed by atoms with van der Waals surface area (Å²) in [6.07, 6.45) is 0.767. The van der Waals surface area contributed by atoms with Gasteiger partial charge in [0, 0.05) is 11.4 Å². The summed E-state index contributed by atoms with van der Waals surface area (Å²) < 4.78 is 27.3. The molecular formula is C11H17N5O2S2.